The third-order valence-corrected chi connectivity index (χ3v) is 4.15. The molecule has 0 bridgehead atoms. The SMILES string of the molecule is CC(=O)NC1CCC(NC(=O)CC/C=C/c2ccccc2)CC1. The van der Waals surface area contributed by atoms with Gasteiger partial charge in [-0.2, -0.15) is 0 Å². The van der Waals surface area contributed by atoms with Crippen molar-refractivity contribution < 1.29 is 9.59 Å². The topological polar surface area (TPSA) is 58.2 Å². The summed E-state index contributed by atoms with van der Waals surface area (Å²) in [5, 5.41) is 6.06. The Morgan fingerprint density at radius 2 is 1.65 bits per heavy atom. The van der Waals surface area contributed by atoms with Gasteiger partial charge in [-0.05, 0) is 37.7 Å². The normalized spacial score (nSPS) is 21.1. The average Bonchev–Trinajstić information content (AvgIpc) is 2.54. The first-order valence-electron chi connectivity index (χ1n) is 8.41. The lowest BCUT2D eigenvalue weighted by Crippen LogP contribution is -2.43. The average molecular weight is 314 g/mol. The van der Waals surface area contributed by atoms with Gasteiger partial charge in [0.05, 0.1) is 0 Å². The summed E-state index contributed by atoms with van der Waals surface area (Å²) in [5.41, 5.74) is 1.16. The van der Waals surface area contributed by atoms with Crippen molar-refractivity contribution in [3.63, 3.8) is 0 Å². The van der Waals surface area contributed by atoms with Gasteiger partial charge in [-0.15, -0.1) is 0 Å². The number of allylic oxidation sites excluding steroid dienone is 1. The molecule has 0 atom stereocenters. The van der Waals surface area contributed by atoms with Crippen LogP contribution in [0.15, 0.2) is 36.4 Å². The molecule has 2 amide bonds. The van der Waals surface area contributed by atoms with Gasteiger partial charge in [0.25, 0.3) is 0 Å². The maximum Gasteiger partial charge on any atom is 0.220 e. The van der Waals surface area contributed by atoms with Crippen LogP contribution in [-0.2, 0) is 9.59 Å². The number of hydrogen-bond acceptors (Lipinski definition) is 2. The standard InChI is InChI=1S/C19H26N2O2/c1-15(22)20-17-11-13-18(14-12-17)21-19(23)10-6-5-9-16-7-3-2-4-8-16/h2-5,7-9,17-18H,6,10-14H2,1H3,(H,20,22)(H,21,23)/b9-5+. The van der Waals surface area contributed by atoms with Crippen LogP contribution in [0.1, 0.15) is 51.0 Å². The molecule has 1 saturated carbocycles. The minimum absolute atomic E-state index is 0.0303. The van der Waals surface area contributed by atoms with E-state index in [-0.39, 0.29) is 23.9 Å². The number of nitrogens with one attached hydrogen (secondary N) is 2. The molecule has 0 aromatic heterocycles. The zero-order chi connectivity index (χ0) is 16.5. The predicted molar refractivity (Wildman–Crippen MR) is 92.7 cm³/mol. The quantitative estimate of drug-likeness (QED) is 0.848. The second-order valence-electron chi connectivity index (χ2n) is 6.17. The van der Waals surface area contributed by atoms with Gasteiger partial charge in [0, 0.05) is 25.4 Å². The van der Waals surface area contributed by atoms with Crippen LogP contribution in [0.5, 0.6) is 0 Å². The Hall–Kier alpha value is -2.10. The number of rotatable bonds is 6. The molecule has 1 aromatic carbocycles. The molecule has 1 fully saturated rings. The molecule has 0 unspecified atom stereocenters. The fraction of sp³-hybridized carbons (Fsp3) is 0.474. The first-order chi connectivity index (χ1) is 11.1. The van der Waals surface area contributed by atoms with Crippen molar-refractivity contribution in [2.45, 2.75) is 57.5 Å². The highest BCUT2D eigenvalue weighted by atomic mass is 16.2. The van der Waals surface area contributed by atoms with Gasteiger partial charge in [0.2, 0.25) is 11.8 Å². The Balaban J connectivity index is 1.62. The van der Waals surface area contributed by atoms with E-state index in [9.17, 15) is 9.59 Å². The first kappa shape index (κ1) is 17.3. The molecule has 0 aliphatic heterocycles. The van der Waals surface area contributed by atoms with E-state index in [4.69, 9.17) is 0 Å². The summed E-state index contributed by atoms with van der Waals surface area (Å²) in [6.07, 6.45) is 9.13. The molecule has 4 heteroatoms. The summed E-state index contributed by atoms with van der Waals surface area (Å²) >= 11 is 0. The van der Waals surface area contributed by atoms with Crippen molar-refractivity contribution in [2.75, 3.05) is 0 Å². The van der Waals surface area contributed by atoms with E-state index in [1.54, 1.807) is 6.92 Å². The van der Waals surface area contributed by atoms with Crippen molar-refractivity contribution in [3.8, 4) is 0 Å². The molecule has 0 radical (unpaired) electrons. The van der Waals surface area contributed by atoms with Crippen LogP contribution in [0, 0.1) is 0 Å². The fourth-order valence-electron chi connectivity index (χ4n) is 2.97. The number of hydrogen-bond donors (Lipinski definition) is 2. The molecule has 2 rings (SSSR count). The Labute approximate surface area is 138 Å². The van der Waals surface area contributed by atoms with E-state index >= 15 is 0 Å². The molecule has 124 valence electrons. The lowest BCUT2D eigenvalue weighted by Gasteiger charge is -2.29. The summed E-state index contributed by atoms with van der Waals surface area (Å²) in [4.78, 5) is 23.0. The maximum absolute atomic E-state index is 12.0. The lowest BCUT2D eigenvalue weighted by atomic mass is 9.91. The zero-order valence-corrected chi connectivity index (χ0v) is 13.8. The Morgan fingerprint density at radius 3 is 2.26 bits per heavy atom. The van der Waals surface area contributed by atoms with Gasteiger partial charge in [0.1, 0.15) is 0 Å². The minimum Gasteiger partial charge on any atom is -0.354 e. The largest absolute Gasteiger partial charge is 0.354 e. The van der Waals surface area contributed by atoms with Crippen molar-refractivity contribution >= 4 is 17.9 Å². The highest BCUT2D eigenvalue weighted by Gasteiger charge is 2.22. The summed E-state index contributed by atoms with van der Waals surface area (Å²) in [7, 11) is 0. The number of carbonyl (C=O) groups is 2. The van der Waals surface area contributed by atoms with Gasteiger partial charge in [-0.25, -0.2) is 0 Å². The van der Waals surface area contributed by atoms with Crippen LogP contribution in [0.3, 0.4) is 0 Å². The van der Waals surface area contributed by atoms with E-state index in [0.717, 1.165) is 37.7 Å². The van der Waals surface area contributed by atoms with E-state index < -0.39 is 0 Å². The van der Waals surface area contributed by atoms with Gasteiger partial charge < -0.3 is 10.6 Å². The molecular formula is C19H26N2O2. The number of benzene rings is 1. The summed E-state index contributed by atoms with van der Waals surface area (Å²) in [6.45, 7) is 1.55. The van der Waals surface area contributed by atoms with E-state index in [2.05, 4.69) is 10.6 Å². The van der Waals surface area contributed by atoms with Crippen LogP contribution < -0.4 is 10.6 Å². The van der Waals surface area contributed by atoms with E-state index in [0.29, 0.717) is 6.42 Å². The molecule has 0 spiro atoms. The van der Waals surface area contributed by atoms with Crippen LogP contribution in [0.2, 0.25) is 0 Å². The maximum atomic E-state index is 12.0. The Bertz CT molecular complexity index is 532. The van der Waals surface area contributed by atoms with Crippen molar-refractivity contribution in [1.82, 2.24) is 10.6 Å². The van der Waals surface area contributed by atoms with Crippen molar-refractivity contribution in [1.29, 1.82) is 0 Å². The molecule has 0 saturated heterocycles. The number of carbonyl (C=O) groups excluding carboxylic acids is 2. The summed E-state index contributed by atoms with van der Waals surface area (Å²) in [5.74, 6) is 0.147. The van der Waals surface area contributed by atoms with Crippen molar-refractivity contribution in [2.24, 2.45) is 0 Å². The van der Waals surface area contributed by atoms with E-state index in [1.807, 2.05) is 42.5 Å². The highest BCUT2D eigenvalue weighted by Crippen LogP contribution is 2.18. The fourth-order valence-corrected chi connectivity index (χ4v) is 2.97. The Morgan fingerprint density at radius 1 is 1.04 bits per heavy atom. The molecule has 1 aliphatic rings. The first-order valence-corrected chi connectivity index (χ1v) is 8.41. The zero-order valence-electron chi connectivity index (χ0n) is 13.8. The molecule has 23 heavy (non-hydrogen) atoms. The molecular weight excluding hydrogens is 288 g/mol. The second kappa shape index (κ2) is 9.13. The molecule has 1 aromatic rings. The van der Waals surface area contributed by atoms with Gasteiger partial charge in [0.15, 0.2) is 0 Å². The molecule has 2 N–H and O–H groups in total. The molecule has 4 nitrogen and oxygen atoms in total. The minimum atomic E-state index is 0.0303. The summed E-state index contributed by atoms with van der Waals surface area (Å²) < 4.78 is 0. The van der Waals surface area contributed by atoms with Crippen LogP contribution in [0.4, 0.5) is 0 Å². The van der Waals surface area contributed by atoms with Crippen LogP contribution in [0.25, 0.3) is 6.08 Å². The van der Waals surface area contributed by atoms with Crippen LogP contribution >= 0.6 is 0 Å². The Kier molecular flexibility index (Phi) is 6.85. The van der Waals surface area contributed by atoms with Crippen molar-refractivity contribution in [3.05, 3.63) is 42.0 Å². The predicted octanol–water partition coefficient (Wildman–Crippen LogP) is 3.04. The second-order valence-corrected chi connectivity index (χ2v) is 6.17. The molecule has 1 aliphatic carbocycles. The lowest BCUT2D eigenvalue weighted by molar-refractivity contribution is -0.122. The van der Waals surface area contributed by atoms with Gasteiger partial charge in [-0.3, -0.25) is 9.59 Å². The van der Waals surface area contributed by atoms with Gasteiger partial charge >= 0.3 is 0 Å². The van der Waals surface area contributed by atoms with Gasteiger partial charge in [-0.1, -0.05) is 42.5 Å². The monoisotopic (exact) mass is 314 g/mol. The highest BCUT2D eigenvalue weighted by molar-refractivity contribution is 5.76. The number of amides is 2. The van der Waals surface area contributed by atoms with E-state index in [1.165, 1.54) is 0 Å². The molecule has 0 heterocycles. The third kappa shape index (κ3) is 6.68. The smallest absolute Gasteiger partial charge is 0.220 e. The third-order valence-electron chi connectivity index (χ3n) is 4.15. The summed E-state index contributed by atoms with van der Waals surface area (Å²) in [6, 6.07) is 10.6. The van der Waals surface area contributed by atoms with Crippen LogP contribution in [-0.4, -0.2) is 23.9 Å².